The summed E-state index contributed by atoms with van der Waals surface area (Å²) in [7, 11) is 0. The van der Waals surface area contributed by atoms with Crippen LogP contribution in [0.4, 0.5) is 4.39 Å². The van der Waals surface area contributed by atoms with Crippen molar-refractivity contribution in [2.75, 3.05) is 13.2 Å². The summed E-state index contributed by atoms with van der Waals surface area (Å²) in [6, 6.07) is 6.26. The molecule has 0 bridgehead atoms. The zero-order valence-corrected chi connectivity index (χ0v) is 9.79. The Kier molecular flexibility index (Phi) is 4.25. The van der Waals surface area contributed by atoms with Crippen molar-refractivity contribution in [2.45, 2.75) is 13.0 Å². The predicted molar refractivity (Wildman–Crippen MR) is 62.7 cm³/mol. The first kappa shape index (κ1) is 12.5. The zero-order chi connectivity index (χ0) is 12.8. The van der Waals surface area contributed by atoms with Crippen LogP contribution in [0.2, 0.25) is 0 Å². The van der Waals surface area contributed by atoms with E-state index in [1.165, 1.54) is 6.07 Å². The van der Waals surface area contributed by atoms with E-state index in [9.17, 15) is 4.39 Å². The molecule has 0 radical (unpaired) electrons. The number of hydrogen-bond donors (Lipinski definition) is 1. The normalized spacial score (nSPS) is 10.6. The fraction of sp³-hybridized carbons (Fsp3) is 0.333. The molecule has 1 heterocycles. The summed E-state index contributed by atoms with van der Waals surface area (Å²) in [5.74, 6) is -0.148. The summed E-state index contributed by atoms with van der Waals surface area (Å²) in [6.07, 6.45) is 2.22. The third kappa shape index (κ3) is 3.27. The highest BCUT2D eigenvalue weighted by Crippen LogP contribution is 2.15. The summed E-state index contributed by atoms with van der Waals surface area (Å²) in [6.45, 7) is 0.833. The molecule has 0 aliphatic carbocycles. The third-order valence-corrected chi connectivity index (χ3v) is 2.37. The van der Waals surface area contributed by atoms with Gasteiger partial charge in [0.1, 0.15) is 6.61 Å². The number of benzene rings is 1. The summed E-state index contributed by atoms with van der Waals surface area (Å²) >= 11 is 0. The molecular formula is C12H14FN3O2. The van der Waals surface area contributed by atoms with Gasteiger partial charge in [-0.25, -0.2) is 9.07 Å². The maximum atomic E-state index is 13.2. The topological polar surface area (TPSA) is 60.2 Å². The molecular weight excluding hydrogens is 237 g/mol. The average Bonchev–Trinajstić information content (AvgIpc) is 2.80. The molecule has 6 heteroatoms. The molecule has 0 saturated heterocycles. The van der Waals surface area contributed by atoms with Gasteiger partial charge in [-0.2, -0.15) is 0 Å². The molecule has 96 valence electrons. The van der Waals surface area contributed by atoms with Gasteiger partial charge in [0.25, 0.3) is 0 Å². The van der Waals surface area contributed by atoms with Gasteiger partial charge in [0.15, 0.2) is 11.6 Å². The van der Waals surface area contributed by atoms with Gasteiger partial charge < -0.3 is 9.84 Å². The Bertz CT molecular complexity index is 502. The lowest BCUT2D eigenvalue weighted by molar-refractivity contribution is 0.277. The largest absolute Gasteiger partial charge is 0.489 e. The van der Waals surface area contributed by atoms with E-state index in [-0.39, 0.29) is 18.2 Å². The Balaban J connectivity index is 1.83. The van der Waals surface area contributed by atoms with E-state index in [0.29, 0.717) is 19.6 Å². The van der Waals surface area contributed by atoms with Crippen molar-refractivity contribution in [2.24, 2.45) is 0 Å². The van der Waals surface area contributed by atoms with Crippen molar-refractivity contribution in [1.82, 2.24) is 15.0 Å². The van der Waals surface area contributed by atoms with E-state index in [0.717, 1.165) is 5.69 Å². The van der Waals surface area contributed by atoms with Gasteiger partial charge in [0.05, 0.1) is 12.2 Å². The van der Waals surface area contributed by atoms with Crippen LogP contribution in [-0.4, -0.2) is 33.3 Å². The van der Waals surface area contributed by atoms with Crippen molar-refractivity contribution >= 4 is 0 Å². The van der Waals surface area contributed by atoms with Gasteiger partial charge >= 0.3 is 0 Å². The lowest BCUT2D eigenvalue weighted by Gasteiger charge is -2.06. The van der Waals surface area contributed by atoms with E-state index in [4.69, 9.17) is 9.84 Å². The summed E-state index contributed by atoms with van der Waals surface area (Å²) in [4.78, 5) is 0. The fourth-order valence-electron chi connectivity index (χ4n) is 1.49. The lowest BCUT2D eigenvalue weighted by Crippen LogP contribution is -2.09. The number of aliphatic hydroxyl groups excluding tert-OH is 1. The smallest absolute Gasteiger partial charge is 0.165 e. The van der Waals surface area contributed by atoms with Gasteiger partial charge in [-0.3, -0.25) is 0 Å². The molecule has 0 spiro atoms. The predicted octanol–water partition coefficient (Wildman–Crippen LogP) is 1.03. The highest BCUT2D eigenvalue weighted by Gasteiger charge is 2.03. The SMILES string of the molecule is OCCc1cn(CCOc2ccccc2F)nn1. The number of aliphatic hydroxyl groups is 1. The van der Waals surface area contributed by atoms with Crippen LogP contribution in [0.25, 0.3) is 0 Å². The Hall–Kier alpha value is -1.95. The molecule has 0 atom stereocenters. The van der Waals surface area contributed by atoms with Crippen LogP contribution < -0.4 is 4.74 Å². The van der Waals surface area contributed by atoms with Crippen LogP contribution >= 0.6 is 0 Å². The van der Waals surface area contributed by atoms with Gasteiger partial charge in [-0.1, -0.05) is 17.3 Å². The molecule has 0 amide bonds. The minimum absolute atomic E-state index is 0.0461. The fourth-order valence-corrected chi connectivity index (χ4v) is 1.49. The van der Waals surface area contributed by atoms with Crippen molar-refractivity contribution in [3.05, 3.63) is 42.0 Å². The zero-order valence-electron chi connectivity index (χ0n) is 9.79. The number of halogens is 1. The lowest BCUT2D eigenvalue weighted by atomic mass is 10.3. The van der Waals surface area contributed by atoms with E-state index in [1.807, 2.05) is 0 Å². The third-order valence-electron chi connectivity index (χ3n) is 2.37. The van der Waals surface area contributed by atoms with Gasteiger partial charge in [-0.05, 0) is 12.1 Å². The van der Waals surface area contributed by atoms with Gasteiger partial charge in [0.2, 0.25) is 0 Å². The maximum absolute atomic E-state index is 13.2. The van der Waals surface area contributed by atoms with E-state index >= 15 is 0 Å². The molecule has 0 aliphatic heterocycles. The molecule has 0 fully saturated rings. The summed E-state index contributed by atoms with van der Waals surface area (Å²) < 4.78 is 20.1. The molecule has 18 heavy (non-hydrogen) atoms. The highest BCUT2D eigenvalue weighted by molar-refractivity contribution is 5.23. The van der Waals surface area contributed by atoms with Crippen LogP contribution in [0.15, 0.2) is 30.5 Å². The van der Waals surface area contributed by atoms with Crippen LogP contribution in [0.5, 0.6) is 5.75 Å². The molecule has 5 nitrogen and oxygen atoms in total. The van der Waals surface area contributed by atoms with Crippen molar-refractivity contribution < 1.29 is 14.2 Å². The summed E-state index contributed by atoms with van der Waals surface area (Å²) in [5, 5.41) is 16.5. The Morgan fingerprint density at radius 3 is 2.94 bits per heavy atom. The Morgan fingerprint density at radius 2 is 2.17 bits per heavy atom. The molecule has 0 unspecified atom stereocenters. The van der Waals surface area contributed by atoms with E-state index < -0.39 is 0 Å². The first-order chi connectivity index (χ1) is 8.79. The van der Waals surface area contributed by atoms with Crippen LogP contribution in [-0.2, 0) is 13.0 Å². The summed E-state index contributed by atoms with van der Waals surface area (Å²) in [5.41, 5.74) is 0.725. The van der Waals surface area contributed by atoms with Crippen molar-refractivity contribution in [1.29, 1.82) is 0 Å². The second-order valence-electron chi connectivity index (χ2n) is 3.73. The standard InChI is InChI=1S/C12H14FN3O2/c13-11-3-1-2-4-12(11)18-8-6-16-9-10(5-7-17)14-15-16/h1-4,9,17H,5-8H2. The molecule has 0 saturated carbocycles. The second kappa shape index (κ2) is 6.11. The molecule has 1 aromatic heterocycles. The Morgan fingerprint density at radius 1 is 1.33 bits per heavy atom. The quantitative estimate of drug-likeness (QED) is 0.833. The van der Waals surface area contributed by atoms with Crippen molar-refractivity contribution in [3.8, 4) is 5.75 Å². The maximum Gasteiger partial charge on any atom is 0.165 e. The van der Waals surface area contributed by atoms with Crippen molar-refractivity contribution in [3.63, 3.8) is 0 Å². The molecule has 2 rings (SSSR count). The number of hydrogen-bond acceptors (Lipinski definition) is 4. The molecule has 2 aromatic rings. The van der Waals surface area contributed by atoms with Crippen LogP contribution in [0.1, 0.15) is 5.69 Å². The molecule has 1 N–H and O–H groups in total. The Labute approximate surface area is 104 Å². The highest BCUT2D eigenvalue weighted by atomic mass is 19.1. The van der Waals surface area contributed by atoms with Crippen LogP contribution in [0.3, 0.4) is 0 Å². The minimum atomic E-state index is -0.378. The number of nitrogens with zero attached hydrogens (tertiary/aromatic N) is 3. The number of ether oxygens (including phenoxy) is 1. The molecule has 1 aromatic carbocycles. The minimum Gasteiger partial charge on any atom is -0.489 e. The number of para-hydroxylation sites is 1. The van der Waals surface area contributed by atoms with Gasteiger partial charge in [-0.15, -0.1) is 5.10 Å². The van der Waals surface area contributed by atoms with Crippen LogP contribution in [0, 0.1) is 5.82 Å². The van der Waals surface area contributed by atoms with E-state index in [1.54, 1.807) is 29.1 Å². The first-order valence-corrected chi connectivity index (χ1v) is 5.67. The first-order valence-electron chi connectivity index (χ1n) is 5.67. The average molecular weight is 251 g/mol. The second-order valence-corrected chi connectivity index (χ2v) is 3.73. The number of aromatic nitrogens is 3. The molecule has 0 aliphatic rings. The monoisotopic (exact) mass is 251 g/mol. The van der Waals surface area contributed by atoms with E-state index in [2.05, 4.69) is 10.3 Å². The number of rotatable bonds is 6. The van der Waals surface area contributed by atoms with Gasteiger partial charge in [0, 0.05) is 19.2 Å².